The average molecular weight is 315 g/mol. The molecule has 3 heteroatoms. The van der Waals surface area contributed by atoms with Crippen LogP contribution in [0.2, 0.25) is 0 Å². The monoisotopic (exact) mass is 315 g/mol. The van der Waals surface area contributed by atoms with Crippen molar-refractivity contribution in [1.29, 1.82) is 0 Å². The standard InChI is InChI=1S/C21H14FNO/c22-17-10-11-20-18(12-17)19(13-24)21(23-20)16-8-6-15(7-9-16)14-4-2-1-3-5-14/h1-13,23H. The molecule has 0 aliphatic rings. The highest BCUT2D eigenvalue weighted by atomic mass is 19.1. The number of fused-ring (bicyclic) bond motifs is 1. The van der Waals surface area contributed by atoms with Crippen LogP contribution >= 0.6 is 0 Å². The van der Waals surface area contributed by atoms with Gasteiger partial charge in [0.2, 0.25) is 0 Å². The Hall–Kier alpha value is -3.20. The summed E-state index contributed by atoms with van der Waals surface area (Å²) in [5.41, 5.74) is 5.09. The lowest BCUT2D eigenvalue weighted by molar-refractivity contribution is 0.112. The molecule has 0 bridgehead atoms. The summed E-state index contributed by atoms with van der Waals surface area (Å²) in [6.45, 7) is 0. The van der Waals surface area contributed by atoms with Crippen LogP contribution in [0, 0.1) is 5.82 Å². The predicted molar refractivity (Wildman–Crippen MR) is 94.5 cm³/mol. The molecule has 0 spiro atoms. The number of hydrogen-bond acceptors (Lipinski definition) is 1. The van der Waals surface area contributed by atoms with Crippen molar-refractivity contribution in [3.05, 3.63) is 84.2 Å². The van der Waals surface area contributed by atoms with Crippen molar-refractivity contribution in [2.75, 3.05) is 0 Å². The molecule has 4 aromatic rings. The smallest absolute Gasteiger partial charge is 0.152 e. The number of benzene rings is 3. The number of aromatic amines is 1. The Bertz CT molecular complexity index is 1020. The molecule has 0 radical (unpaired) electrons. The van der Waals surface area contributed by atoms with E-state index in [0.29, 0.717) is 16.6 Å². The van der Waals surface area contributed by atoms with E-state index in [9.17, 15) is 9.18 Å². The van der Waals surface area contributed by atoms with Crippen LogP contribution in [0.4, 0.5) is 4.39 Å². The van der Waals surface area contributed by atoms with Crippen LogP contribution in [0.3, 0.4) is 0 Å². The molecule has 4 rings (SSSR count). The second-order valence-corrected chi connectivity index (χ2v) is 5.66. The van der Waals surface area contributed by atoms with Gasteiger partial charge in [0, 0.05) is 16.5 Å². The Labute approximate surface area is 138 Å². The van der Waals surface area contributed by atoms with E-state index in [-0.39, 0.29) is 5.82 Å². The normalized spacial score (nSPS) is 10.9. The minimum atomic E-state index is -0.351. The third-order valence-electron chi connectivity index (χ3n) is 4.20. The first-order chi connectivity index (χ1) is 11.8. The third kappa shape index (κ3) is 2.40. The quantitative estimate of drug-likeness (QED) is 0.501. The molecule has 0 fully saturated rings. The van der Waals surface area contributed by atoms with E-state index in [4.69, 9.17) is 0 Å². The molecule has 0 atom stereocenters. The minimum Gasteiger partial charge on any atom is -0.354 e. The third-order valence-corrected chi connectivity index (χ3v) is 4.20. The molecule has 0 amide bonds. The molecular formula is C21H14FNO. The fraction of sp³-hybridized carbons (Fsp3) is 0. The highest BCUT2D eigenvalue weighted by Crippen LogP contribution is 2.31. The number of halogens is 1. The van der Waals surface area contributed by atoms with E-state index in [1.807, 2.05) is 42.5 Å². The number of aldehydes is 1. The van der Waals surface area contributed by atoms with E-state index in [0.717, 1.165) is 28.5 Å². The lowest BCUT2D eigenvalue weighted by Crippen LogP contribution is -1.85. The van der Waals surface area contributed by atoms with Gasteiger partial charge in [0.25, 0.3) is 0 Å². The summed E-state index contributed by atoms with van der Waals surface area (Å²) in [6, 6.07) is 22.5. The van der Waals surface area contributed by atoms with Gasteiger partial charge in [-0.2, -0.15) is 0 Å². The zero-order valence-electron chi connectivity index (χ0n) is 12.8. The molecule has 1 N–H and O–H groups in total. The van der Waals surface area contributed by atoms with Gasteiger partial charge in [0.05, 0.1) is 5.69 Å². The lowest BCUT2D eigenvalue weighted by atomic mass is 10.0. The van der Waals surface area contributed by atoms with Crippen LogP contribution in [-0.4, -0.2) is 11.3 Å². The molecule has 3 aromatic carbocycles. The first-order valence-corrected chi connectivity index (χ1v) is 7.68. The van der Waals surface area contributed by atoms with Crippen LogP contribution in [0.15, 0.2) is 72.8 Å². The number of H-pyrrole nitrogens is 1. The SMILES string of the molecule is O=Cc1c(-c2ccc(-c3ccccc3)cc2)[nH]c2ccc(F)cc12. The molecule has 0 saturated carbocycles. The van der Waals surface area contributed by atoms with Gasteiger partial charge in [-0.05, 0) is 34.9 Å². The summed E-state index contributed by atoms with van der Waals surface area (Å²) in [7, 11) is 0. The molecule has 0 aliphatic heterocycles. The average Bonchev–Trinajstić information content (AvgIpc) is 3.00. The predicted octanol–water partition coefficient (Wildman–Crippen LogP) is 5.45. The van der Waals surface area contributed by atoms with E-state index in [1.54, 1.807) is 6.07 Å². The van der Waals surface area contributed by atoms with Crippen LogP contribution in [-0.2, 0) is 0 Å². The molecule has 0 saturated heterocycles. The summed E-state index contributed by atoms with van der Waals surface area (Å²) >= 11 is 0. The second-order valence-electron chi connectivity index (χ2n) is 5.66. The van der Waals surface area contributed by atoms with Crippen molar-refractivity contribution < 1.29 is 9.18 Å². The van der Waals surface area contributed by atoms with Gasteiger partial charge in [-0.15, -0.1) is 0 Å². The zero-order chi connectivity index (χ0) is 16.5. The van der Waals surface area contributed by atoms with Gasteiger partial charge in [0.1, 0.15) is 5.82 Å². The van der Waals surface area contributed by atoms with E-state index >= 15 is 0 Å². The largest absolute Gasteiger partial charge is 0.354 e. The van der Waals surface area contributed by atoms with Gasteiger partial charge in [-0.25, -0.2) is 4.39 Å². The van der Waals surface area contributed by atoms with Crippen LogP contribution in [0.5, 0.6) is 0 Å². The zero-order valence-corrected chi connectivity index (χ0v) is 12.8. The van der Waals surface area contributed by atoms with Crippen molar-refractivity contribution in [3.63, 3.8) is 0 Å². The Kier molecular flexibility index (Phi) is 3.47. The summed E-state index contributed by atoms with van der Waals surface area (Å²) in [6.07, 6.45) is 0.777. The Morgan fingerprint density at radius 1 is 0.792 bits per heavy atom. The van der Waals surface area contributed by atoms with Crippen LogP contribution in [0.1, 0.15) is 10.4 Å². The van der Waals surface area contributed by atoms with Crippen molar-refractivity contribution in [2.24, 2.45) is 0 Å². The summed E-state index contributed by atoms with van der Waals surface area (Å²) < 4.78 is 13.5. The van der Waals surface area contributed by atoms with E-state index < -0.39 is 0 Å². The molecule has 116 valence electrons. The maximum absolute atomic E-state index is 13.5. The number of rotatable bonds is 3. The first-order valence-electron chi connectivity index (χ1n) is 7.68. The van der Waals surface area contributed by atoms with E-state index in [1.165, 1.54) is 12.1 Å². The van der Waals surface area contributed by atoms with Gasteiger partial charge in [-0.3, -0.25) is 4.79 Å². The fourth-order valence-corrected chi connectivity index (χ4v) is 3.00. The summed E-state index contributed by atoms with van der Waals surface area (Å²) in [4.78, 5) is 14.8. The van der Waals surface area contributed by atoms with Gasteiger partial charge >= 0.3 is 0 Å². The number of nitrogens with one attached hydrogen (secondary N) is 1. The fourth-order valence-electron chi connectivity index (χ4n) is 3.00. The number of carbonyl (C=O) groups is 1. The van der Waals surface area contributed by atoms with Crippen LogP contribution < -0.4 is 0 Å². The van der Waals surface area contributed by atoms with Gasteiger partial charge < -0.3 is 4.98 Å². The number of aromatic nitrogens is 1. The van der Waals surface area contributed by atoms with Crippen molar-refractivity contribution >= 4 is 17.2 Å². The van der Waals surface area contributed by atoms with Gasteiger partial charge in [0.15, 0.2) is 6.29 Å². The Balaban J connectivity index is 1.82. The van der Waals surface area contributed by atoms with E-state index in [2.05, 4.69) is 17.1 Å². The van der Waals surface area contributed by atoms with Gasteiger partial charge in [-0.1, -0.05) is 54.6 Å². The summed E-state index contributed by atoms with van der Waals surface area (Å²) in [5.74, 6) is -0.351. The second kappa shape index (κ2) is 5.78. The lowest BCUT2D eigenvalue weighted by Gasteiger charge is -2.04. The maximum atomic E-state index is 13.5. The van der Waals surface area contributed by atoms with Crippen molar-refractivity contribution in [1.82, 2.24) is 4.98 Å². The highest BCUT2D eigenvalue weighted by Gasteiger charge is 2.13. The number of hydrogen-bond donors (Lipinski definition) is 1. The molecule has 0 aliphatic carbocycles. The van der Waals surface area contributed by atoms with Crippen LogP contribution in [0.25, 0.3) is 33.3 Å². The minimum absolute atomic E-state index is 0.351. The molecule has 0 unspecified atom stereocenters. The molecule has 1 heterocycles. The Morgan fingerprint density at radius 2 is 1.46 bits per heavy atom. The van der Waals surface area contributed by atoms with Crippen molar-refractivity contribution in [3.8, 4) is 22.4 Å². The molecule has 24 heavy (non-hydrogen) atoms. The highest BCUT2D eigenvalue weighted by molar-refractivity contribution is 6.04. The molecular weight excluding hydrogens is 301 g/mol. The molecule has 2 nitrogen and oxygen atoms in total. The van der Waals surface area contributed by atoms with Crippen molar-refractivity contribution in [2.45, 2.75) is 0 Å². The Morgan fingerprint density at radius 3 is 2.17 bits per heavy atom. The maximum Gasteiger partial charge on any atom is 0.152 e. The molecule has 1 aromatic heterocycles. The summed E-state index contributed by atoms with van der Waals surface area (Å²) in [5, 5.41) is 0.604. The number of carbonyl (C=O) groups excluding carboxylic acids is 1. The topological polar surface area (TPSA) is 32.9 Å². The first kappa shape index (κ1) is 14.4.